The van der Waals surface area contributed by atoms with Gasteiger partial charge in [0.15, 0.2) is 0 Å². The van der Waals surface area contributed by atoms with E-state index in [4.69, 9.17) is 0 Å². The Morgan fingerprint density at radius 2 is 1.71 bits per heavy atom. The number of halogens is 4. The molecule has 0 aliphatic heterocycles. The molecule has 1 aromatic heterocycles. The molecule has 5 rings (SSSR count). The van der Waals surface area contributed by atoms with E-state index in [0.717, 1.165) is 69.5 Å². The molecule has 4 aromatic rings. The molecule has 3 aromatic carbocycles. The third-order valence-corrected chi connectivity index (χ3v) is 9.79. The normalized spacial score (nSPS) is 14.4. The summed E-state index contributed by atoms with van der Waals surface area (Å²) in [4.78, 5) is 11.1. The van der Waals surface area contributed by atoms with Gasteiger partial charge < -0.3 is 5.11 Å². The minimum atomic E-state index is -4.95. The summed E-state index contributed by atoms with van der Waals surface area (Å²) in [5.74, 6) is -2.59. The molecule has 0 radical (unpaired) electrons. The molecule has 1 aliphatic rings. The second-order valence-corrected chi connectivity index (χ2v) is 12.0. The van der Waals surface area contributed by atoms with Crippen molar-refractivity contribution in [1.82, 2.24) is 0 Å². The average Bonchev–Trinajstić information content (AvgIpc) is 3.20. The molecule has 0 atom stereocenters. The number of anilines is 1. The number of thiophene rings is 1. The van der Waals surface area contributed by atoms with Crippen LogP contribution >= 0.6 is 11.3 Å². The zero-order valence-corrected chi connectivity index (χ0v) is 21.3. The first-order valence-electron chi connectivity index (χ1n) is 11.7. The number of alkyl halides is 3. The van der Waals surface area contributed by atoms with Crippen molar-refractivity contribution < 1.29 is 35.9 Å². The van der Waals surface area contributed by atoms with E-state index in [2.05, 4.69) is 0 Å². The van der Waals surface area contributed by atoms with E-state index in [0.29, 0.717) is 17.1 Å². The van der Waals surface area contributed by atoms with Crippen molar-refractivity contribution >= 4 is 42.4 Å². The summed E-state index contributed by atoms with van der Waals surface area (Å²) >= 11 is 1.23. The maximum absolute atomic E-state index is 14.0. The van der Waals surface area contributed by atoms with E-state index in [1.54, 1.807) is 0 Å². The van der Waals surface area contributed by atoms with Gasteiger partial charge in [0, 0.05) is 4.70 Å². The van der Waals surface area contributed by atoms with Crippen LogP contribution in [-0.2, 0) is 22.7 Å². The summed E-state index contributed by atoms with van der Waals surface area (Å²) in [7, 11) is -4.37. The minimum Gasteiger partial charge on any atom is -0.478 e. The molecule has 1 heterocycles. The van der Waals surface area contributed by atoms with Crippen LogP contribution in [0, 0.1) is 5.82 Å². The first kappa shape index (κ1) is 26.2. The van der Waals surface area contributed by atoms with Crippen molar-refractivity contribution in [2.75, 3.05) is 4.31 Å². The number of sulfonamides is 1. The molecule has 1 N–H and O–H groups in total. The topological polar surface area (TPSA) is 74.7 Å². The molecule has 5 nitrogen and oxygen atoms in total. The van der Waals surface area contributed by atoms with Crippen LogP contribution in [0.4, 0.5) is 22.6 Å². The number of carboxylic acids is 1. The number of carbonyl (C=O) groups is 1. The van der Waals surface area contributed by atoms with Gasteiger partial charge in [-0.25, -0.2) is 17.6 Å². The van der Waals surface area contributed by atoms with E-state index in [1.165, 1.54) is 11.3 Å². The second-order valence-electron chi connectivity index (χ2n) is 9.10. The molecular formula is C27H21F4NO4S2. The molecule has 198 valence electrons. The van der Waals surface area contributed by atoms with Crippen LogP contribution in [0.5, 0.6) is 0 Å². The van der Waals surface area contributed by atoms with Crippen molar-refractivity contribution in [3.63, 3.8) is 0 Å². The highest BCUT2D eigenvalue weighted by atomic mass is 32.2. The number of carboxylic acid groups (broad SMARTS) is 1. The highest BCUT2D eigenvalue weighted by Gasteiger charge is 2.36. The van der Waals surface area contributed by atoms with E-state index in [-0.39, 0.29) is 21.9 Å². The van der Waals surface area contributed by atoms with Crippen molar-refractivity contribution in [1.29, 1.82) is 0 Å². The number of hydrogen-bond donors (Lipinski definition) is 1. The lowest BCUT2D eigenvalue weighted by molar-refractivity contribution is -0.140. The molecule has 0 amide bonds. The van der Waals surface area contributed by atoms with Crippen molar-refractivity contribution in [2.24, 2.45) is 0 Å². The van der Waals surface area contributed by atoms with E-state index in [9.17, 15) is 35.9 Å². The number of rotatable bonds is 7. The molecule has 1 aliphatic carbocycles. The fourth-order valence-corrected chi connectivity index (χ4v) is 7.52. The fourth-order valence-electron chi connectivity index (χ4n) is 4.55. The Balaban J connectivity index is 1.69. The number of benzene rings is 3. The first-order chi connectivity index (χ1) is 18.0. The Bertz CT molecular complexity index is 1630. The van der Waals surface area contributed by atoms with E-state index in [1.807, 2.05) is 24.3 Å². The van der Waals surface area contributed by atoms with Crippen LogP contribution in [0.1, 0.15) is 52.2 Å². The van der Waals surface area contributed by atoms with Gasteiger partial charge >= 0.3 is 12.1 Å². The number of aromatic carboxylic acids is 1. The Morgan fingerprint density at radius 3 is 2.32 bits per heavy atom. The second kappa shape index (κ2) is 9.70. The van der Waals surface area contributed by atoms with E-state index >= 15 is 0 Å². The van der Waals surface area contributed by atoms with Crippen molar-refractivity contribution in [3.8, 4) is 0 Å². The van der Waals surface area contributed by atoms with Crippen LogP contribution in [0.3, 0.4) is 0 Å². The summed E-state index contributed by atoms with van der Waals surface area (Å²) in [6.45, 7) is -0.473. The van der Waals surface area contributed by atoms with Gasteiger partial charge in [0.25, 0.3) is 10.0 Å². The zero-order valence-electron chi connectivity index (χ0n) is 19.7. The lowest BCUT2D eigenvalue weighted by Crippen LogP contribution is -2.31. The van der Waals surface area contributed by atoms with Gasteiger partial charge in [-0.05, 0) is 77.7 Å². The summed E-state index contributed by atoms with van der Waals surface area (Å²) in [5.41, 5.74) is -0.809. The summed E-state index contributed by atoms with van der Waals surface area (Å²) < 4.78 is 84.2. The van der Waals surface area contributed by atoms with Crippen LogP contribution in [-0.4, -0.2) is 19.5 Å². The SMILES string of the molecule is O=C(O)c1ccc(S(=O)(=O)N(Cc2ccc(F)c(C(F)(F)F)c2)c2sc3ccccc3c2C2CCC2)cc1. The van der Waals surface area contributed by atoms with Gasteiger partial charge in [0.05, 0.1) is 22.6 Å². The standard InChI is InChI=1S/C27H21F4NO4S2/c28-22-13-8-16(14-21(22)27(29,30)31)15-32(38(35,36)19-11-9-18(10-12-19)26(33)34)25-24(17-4-3-5-17)20-6-1-2-7-23(20)37-25/h1-2,6-14,17H,3-5,15H2,(H,33,34). The fraction of sp³-hybridized carbons (Fsp3) is 0.222. The third kappa shape index (κ3) is 4.76. The molecule has 0 spiro atoms. The number of hydrogen-bond acceptors (Lipinski definition) is 4. The third-order valence-electron chi connectivity index (χ3n) is 6.71. The monoisotopic (exact) mass is 563 g/mol. The maximum atomic E-state index is 14.0. The summed E-state index contributed by atoms with van der Waals surface area (Å²) in [6.07, 6.45) is -2.27. The Kier molecular flexibility index (Phi) is 6.68. The Hall–Kier alpha value is -3.44. The smallest absolute Gasteiger partial charge is 0.419 e. The zero-order chi connectivity index (χ0) is 27.2. The summed E-state index contributed by atoms with van der Waals surface area (Å²) in [6, 6.07) is 14.5. The quantitative estimate of drug-likeness (QED) is 0.238. The minimum absolute atomic E-state index is 0.0403. The molecule has 0 bridgehead atoms. The predicted molar refractivity (Wildman–Crippen MR) is 137 cm³/mol. The summed E-state index contributed by atoms with van der Waals surface area (Å²) in [5, 5.41) is 10.5. The highest BCUT2D eigenvalue weighted by Crippen LogP contribution is 2.50. The molecular weight excluding hydrogens is 542 g/mol. The Labute approximate surface area is 220 Å². The molecule has 0 saturated heterocycles. The van der Waals surface area contributed by atoms with Gasteiger partial charge in [-0.15, -0.1) is 11.3 Å². The Morgan fingerprint density at radius 1 is 1.03 bits per heavy atom. The average molecular weight is 564 g/mol. The largest absolute Gasteiger partial charge is 0.478 e. The van der Waals surface area contributed by atoms with Gasteiger partial charge in [-0.1, -0.05) is 30.7 Å². The van der Waals surface area contributed by atoms with Crippen LogP contribution < -0.4 is 4.31 Å². The number of fused-ring (bicyclic) bond motifs is 1. The molecule has 38 heavy (non-hydrogen) atoms. The highest BCUT2D eigenvalue weighted by molar-refractivity contribution is 7.93. The van der Waals surface area contributed by atoms with Crippen molar-refractivity contribution in [2.45, 2.75) is 42.8 Å². The first-order valence-corrected chi connectivity index (χ1v) is 14.0. The molecule has 1 fully saturated rings. The van der Waals surface area contributed by atoms with Crippen LogP contribution in [0.25, 0.3) is 10.1 Å². The van der Waals surface area contributed by atoms with Crippen LogP contribution in [0.2, 0.25) is 0 Å². The van der Waals surface area contributed by atoms with Gasteiger partial charge in [-0.3, -0.25) is 4.31 Å². The molecule has 11 heteroatoms. The lowest BCUT2D eigenvalue weighted by Gasteiger charge is -2.31. The number of nitrogens with zero attached hydrogens (tertiary/aromatic N) is 1. The van der Waals surface area contributed by atoms with Crippen molar-refractivity contribution in [3.05, 3.63) is 94.8 Å². The maximum Gasteiger partial charge on any atom is 0.419 e. The van der Waals surface area contributed by atoms with Crippen LogP contribution in [0.15, 0.2) is 71.6 Å². The van der Waals surface area contributed by atoms with E-state index < -0.39 is 40.1 Å². The van der Waals surface area contributed by atoms with Gasteiger partial charge in [-0.2, -0.15) is 13.2 Å². The molecule has 0 unspecified atom stereocenters. The lowest BCUT2D eigenvalue weighted by atomic mass is 9.79. The molecule has 1 saturated carbocycles. The predicted octanol–water partition coefficient (Wildman–Crippen LogP) is 7.42. The van der Waals surface area contributed by atoms with Gasteiger partial charge in [0.1, 0.15) is 10.8 Å². The van der Waals surface area contributed by atoms with Gasteiger partial charge in [0.2, 0.25) is 0 Å².